The van der Waals surface area contributed by atoms with Gasteiger partial charge in [0.2, 0.25) is 17.6 Å². The van der Waals surface area contributed by atoms with Crippen LogP contribution in [0.15, 0.2) is 59.1 Å². The number of aryl methyl sites for hydroxylation is 1. The van der Waals surface area contributed by atoms with Gasteiger partial charge in [-0.3, -0.25) is 4.79 Å². The van der Waals surface area contributed by atoms with E-state index in [4.69, 9.17) is 4.52 Å². The molecule has 1 saturated heterocycles. The Labute approximate surface area is 165 Å². The molecule has 2 atom stereocenters. The molecule has 1 aliphatic heterocycles. The highest BCUT2D eigenvalue weighted by Gasteiger charge is 2.37. The maximum absolute atomic E-state index is 13.3. The van der Waals surface area contributed by atoms with E-state index >= 15 is 0 Å². The zero-order valence-electron chi connectivity index (χ0n) is 16.3. The second-order valence-corrected chi connectivity index (χ2v) is 7.39. The van der Waals surface area contributed by atoms with Gasteiger partial charge in [-0.1, -0.05) is 66.2 Å². The van der Waals surface area contributed by atoms with E-state index in [2.05, 4.69) is 17.1 Å². The van der Waals surface area contributed by atoms with Crippen molar-refractivity contribution in [3.8, 4) is 11.4 Å². The first kappa shape index (κ1) is 18.4. The molecular weight excluding hydrogens is 350 g/mol. The van der Waals surface area contributed by atoms with Crippen LogP contribution in [0.4, 0.5) is 0 Å². The molecule has 5 nitrogen and oxygen atoms in total. The van der Waals surface area contributed by atoms with Crippen LogP contribution in [0.5, 0.6) is 0 Å². The molecule has 1 amide bonds. The molecule has 1 aromatic heterocycles. The second-order valence-electron chi connectivity index (χ2n) is 7.39. The summed E-state index contributed by atoms with van der Waals surface area (Å²) in [5.74, 6) is 1.12. The Kier molecular flexibility index (Phi) is 5.24. The number of hydrogen-bond acceptors (Lipinski definition) is 4. The van der Waals surface area contributed by atoms with Gasteiger partial charge < -0.3 is 9.42 Å². The summed E-state index contributed by atoms with van der Waals surface area (Å²) < 4.78 is 5.59. The van der Waals surface area contributed by atoms with Crippen LogP contribution in [0.25, 0.3) is 11.4 Å². The molecule has 3 aromatic rings. The Balaban J connectivity index is 1.58. The lowest BCUT2D eigenvalue weighted by atomic mass is 9.94. The van der Waals surface area contributed by atoms with Crippen molar-refractivity contribution in [1.29, 1.82) is 0 Å². The summed E-state index contributed by atoms with van der Waals surface area (Å²) in [6.45, 7) is 4.83. The third kappa shape index (κ3) is 3.57. The molecule has 0 unspecified atom stereocenters. The number of hydrogen-bond donors (Lipinski definition) is 0. The van der Waals surface area contributed by atoms with E-state index < -0.39 is 0 Å². The lowest BCUT2D eigenvalue weighted by Crippen LogP contribution is -2.34. The van der Waals surface area contributed by atoms with Gasteiger partial charge in [0.1, 0.15) is 6.04 Å². The zero-order chi connectivity index (χ0) is 19.5. The number of amides is 1. The molecule has 0 aliphatic carbocycles. The maximum Gasteiger partial charge on any atom is 0.249 e. The van der Waals surface area contributed by atoms with Gasteiger partial charge in [-0.05, 0) is 37.8 Å². The summed E-state index contributed by atoms with van der Waals surface area (Å²) in [6.07, 6.45) is 2.57. The number of carbonyl (C=O) groups excluding carboxylic acids is 1. The minimum Gasteiger partial charge on any atom is -0.337 e. The van der Waals surface area contributed by atoms with Gasteiger partial charge in [-0.15, -0.1) is 0 Å². The second kappa shape index (κ2) is 7.97. The molecule has 0 N–H and O–H groups in total. The van der Waals surface area contributed by atoms with E-state index in [9.17, 15) is 4.79 Å². The fourth-order valence-electron chi connectivity index (χ4n) is 4.00. The number of likely N-dealkylation sites (tertiary alicyclic amines) is 1. The standard InChI is InChI=1S/C23H25N3O2/c1-3-19(17-10-5-4-6-11-17)23(27)26-14-8-13-20(26)22-24-21(25-28-22)18-12-7-9-16(2)15-18/h4-7,9-12,15,19-20H,3,8,13-14H2,1-2H3/t19-,20+/m0/s1. The van der Waals surface area contributed by atoms with Crippen molar-refractivity contribution in [3.05, 3.63) is 71.6 Å². The largest absolute Gasteiger partial charge is 0.337 e. The van der Waals surface area contributed by atoms with E-state index in [1.807, 2.05) is 66.4 Å². The quantitative estimate of drug-likeness (QED) is 0.636. The Bertz CT molecular complexity index is 951. The maximum atomic E-state index is 13.3. The third-order valence-electron chi connectivity index (χ3n) is 5.45. The van der Waals surface area contributed by atoms with Crippen molar-refractivity contribution in [2.75, 3.05) is 6.54 Å². The predicted octanol–water partition coefficient (Wildman–Crippen LogP) is 4.90. The van der Waals surface area contributed by atoms with Crippen molar-refractivity contribution in [3.63, 3.8) is 0 Å². The Morgan fingerprint density at radius 3 is 2.79 bits per heavy atom. The topological polar surface area (TPSA) is 59.2 Å². The highest BCUT2D eigenvalue weighted by atomic mass is 16.5. The van der Waals surface area contributed by atoms with Crippen LogP contribution in [0.2, 0.25) is 0 Å². The minimum absolute atomic E-state index is 0.138. The molecule has 1 fully saturated rings. The summed E-state index contributed by atoms with van der Waals surface area (Å²) in [6, 6.07) is 17.9. The van der Waals surface area contributed by atoms with Crippen LogP contribution in [0, 0.1) is 6.92 Å². The summed E-state index contributed by atoms with van der Waals surface area (Å²) in [4.78, 5) is 19.9. The number of carbonyl (C=O) groups is 1. The molecular formula is C23H25N3O2. The fraction of sp³-hybridized carbons (Fsp3) is 0.348. The summed E-state index contributed by atoms with van der Waals surface area (Å²) in [5, 5.41) is 4.17. The molecule has 1 aliphatic rings. The van der Waals surface area contributed by atoms with E-state index in [1.165, 1.54) is 0 Å². The SMILES string of the molecule is CC[C@H](C(=O)N1CCC[C@@H]1c1nc(-c2cccc(C)c2)no1)c1ccccc1. The summed E-state index contributed by atoms with van der Waals surface area (Å²) >= 11 is 0. The third-order valence-corrected chi connectivity index (χ3v) is 5.45. The molecule has 2 heterocycles. The van der Waals surface area contributed by atoms with Crippen LogP contribution in [-0.4, -0.2) is 27.5 Å². The van der Waals surface area contributed by atoms with Crippen molar-refractivity contribution < 1.29 is 9.32 Å². The number of aromatic nitrogens is 2. The van der Waals surface area contributed by atoms with Gasteiger partial charge in [0.05, 0.1) is 5.92 Å². The van der Waals surface area contributed by atoms with Crippen molar-refractivity contribution in [1.82, 2.24) is 15.0 Å². The van der Waals surface area contributed by atoms with Gasteiger partial charge >= 0.3 is 0 Å². The van der Waals surface area contributed by atoms with Gasteiger partial charge in [-0.2, -0.15) is 4.98 Å². The first-order chi connectivity index (χ1) is 13.7. The molecule has 0 spiro atoms. The van der Waals surface area contributed by atoms with Crippen molar-refractivity contribution in [2.24, 2.45) is 0 Å². The zero-order valence-corrected chi connectivity index (χ0v) is 16.3. The molecule has 144 valence electrons. The Morgan fingerprint density at radius 2 is 2.04 bits per heavy atom. The molecule has 0 bridgehead atoms. The Morgan fingerprint density at radius 1 is 1.21 bits per heavy atom. The molecule has 0 saturated carbocycles. The first-order valence-corrected chi connectivity index (χ1v) is 9.93. The van der Waals surface area contributed by atoms with Crippen molar-refractivity contribution in [2.45, 2.75) is 45.1 Å². The minimum atomic E-state index is -0.142. The monoisotopic (exact) mass is 375 g/mol. The Hall–Kier alpha value is -2.95. The molecule has 28 heavy (non-hydrogen) atoms. The van der Waals surface area contributed by atoms with E-state index in [-0.39, 0.29) is 17.9 Å². The van der Waals surface area contributed by atoms with E-state index in [1.54, 1.807) is 0 Å². The van der Waals surface area contributed by atoms with Gasteiger partial charge in [0.25, 0.3) is 0 Å². The fourth-order valence-corrected chi connectivity index (χ4v) is 4.00. The average Bonchev–Trinajstić information content (AvgIpc) is 3.39. The molecule has 2 aromatic carbocycles. The molecule has 0 radical (unpaired) electrons. The van der Waals surface area contributed by atoms with Crippen LogP contribution in [0.1, 0.15) is 55.2 Å². The van der Waals surface area contributed by atoms with E-state index in [0.29, 0.717) is 11.7 Å². The van der Waals surface area contributed by atoms with Crippen LogP contribution in [-0.2, 0) is 4.79 Å². The average molecular weight is 375 g/mol. The lowest BCUT2D eigenvalue weighted by molar-refractivity contribution is -0.134. The highest BCUT2D eigenvalue weighted by Crippen LogP contribution is 2.35. The lowest BCUT2D eigenvalue weighted by Gasteiger charge is -2.26. The van der Waals surface area contributed by atoms with Crippen LogP contribution < -0.4 is 0 Å². The highest BCUT2D eigenvalue weighted by molar-refractivity contribution is 5.84. The smallest absolute Gasteiger partial charge is 0.249 e. The van der Waals surface area contributed by atoms with Gasteiger partial charge in [-0.25, -0.2) is 0 Å². The summed E-state index contributed by atoms with van der Waals surface area (Å²) in [5.41, 5.74) is 3.14. The first-order valence-electron chi connectivity index (χ1n) is 9.93. The molecule has 5 heteroatoms. The normalized spacial score (nSPS) is 17.6. The van der Waals surface area contributed by atoms with Crippen LogP contribution >= 0.6 is 0 Å². The van der Waals surface area contributed by atoms with E-state index in [0.717, 1.165) is 42.5 Å². The molecule has 4 rings (SSSR count). The number of benzene rings is 2. The van der Waals surface area contributed by atoms with Crippen molar-refractivity contribution >= 4 is 5.91 Å². The van der Waals surface area contributed by atoms with Gasteiger partial charge in [0.15, 0.2) is 0 Å². The number of nitrogens with zero attached hydrogens (tertiary/aromatic N) is 3. The summed E-state index contributed by atoms with van der Waals surface area (Å²) in [7, 11) is 0. The number of rotatable bonds is 5. The predicted molar refractivity (Wildman–Crippen MR) is 108 cm³/mol. The van der Waals surface area contributed by atoms with Crippen LogP contribution in [0.3, 0.4) is 0 Å². The van der Waals surface area contributed by atoms with Gasteiger partial charge in [0, 0.05) is 12.1 Å².